The third-order valence-electron chi connectivity index (χ3n) is 15.1. The van der Waals surface area contributed by atoms with Crippen LogP contribution in [0.15, 0.2) is 0 Å². The molecule has 6 heteroatoms. The molecule has 0 aromatic heterocycles. The molecular formula is C60H119N3O3. The number of unbranched alkanes of at least 4 members (excludes halogenated alkanes) is 36. The highest BCUT2D eigenvalue weighted by Crippen LogP contribution is 2.35. The molecule has 1 aliphatic rings. The van der Waals surface area contributed by atoms with E-state index in [9.17, 15) is 14.7 Å². The summed E-state index contributed by atoms with van der Waals surface area (Å²) in [7, 11) is 0. The van der Waals surface area contributed by atoms with Crippen LogP contribution in [0.1, 0.15) is 317 Å². The van der Waals surface area contributed by atoms with Gasteiger partial charge in [0.2, 0.25) is 11.8 Å². The van der Waals surface area contributed by atoms with Gasteiger partial charge in [0.05, 0.1) is 0 Å². The first-order valence-electron chi connectivity index (χ1n) is 30.4. The molecule has 0 unspecified atom stereocenters. The van der Waals surface area contributed by atoms with Crippen LogP contribution < -0.4 is 0 Å². The lowest BCUT2D eigenvalue weighted by atomic mass is 10.1. The molecule has 2 atom stereocenters. The molecule has 0 aliphatic heterocycles. The van der Waals surface area contributed by atoms with Gasteiger partial charge in [-0.1, -0.05) is 246 Å². The second kappa shape index (κ2) is 48.9. The fourth-order valence-electron chi connectivity index (χ4n) is 10.3. The molecule has 0 saturated heterocycles. The second-order valence-electron chi connectivity index (χ2n) is 21.5. The van der Waals surface area contributed by atoms with Crippen molar-refractivity contribution in [3.63, 3.8) is 0 Å². The summed E-state index contributed by atoms with van der Waals surface area (Å²) in [4.78, 5) is 34.0. The highest BCUT2D eigenvalue weighted by atomic mass is 16.3. The number of carbonyl (C=O) groups is 2. The van der Waals surface area contributed by atoms with Crippen molar-refractivity contribution in [1.29, 1.82) is 0 Å². The van der Waals surface area contributed by atoms with E-state index in [4.69, 9.17) is 0 Å². The van der Waals surface area contributed by atoms with Gasteiger partial charge in [0.25, 0.3) is 0 Å². The maximum atomic E-state index is 13.4. The molecule has 0 radical (unpaired) electrons. The highest BCUT2D eigenvalue weighted by Gasteiger charge is 2.40. The Morgan fingerprint density at radius 3 is 0.803 bits per heavy atom. The van der Waals surface area contributed by atoms with E-state index in [-0.39, 0.29) is 0 Å². The molecule has 1 rings (SSSR count). The van der Waals surface area contributed by atoms with Crippen molar-refractivity contribution in [2.45, 2.75) is 323 Å². The van der Waals surface area contributed by atoms with Gasteiger partial charge in [0, 0.05) is 51.7 Å². The minimum atomic E-state index is 0.327. The Balaban J connectivity index is 2.36. The first kappa shape index (κ1) is 62.9. The standard InChI is InChI=1S/C60H119N3O3/c1-5-9-13-17-21-25-33-43-51-62(52-44-34-26-22-18-14-10-6-2)59(65)47-39-31-29-37-41-49-61(58-55-57(58)56-64)50-42-38-30-32-40-48-60(66)63(53-45-35-27-23-19-15-11-7-3)54-46-36-28-24-20-16-12-8-4/h57-58,64H,5-56H2,1-4H3/t57-,58+/m1/s1. The summed E-state index contributed by atoms with van der Waals surface area (Å²) in [6.07, 6.45) is 56.6. The van der Waals surface area contributed by atoms with Gasteiger partial charge >= 0.3 is 0 Å². The highest BCUT2D eigenvalue weighted by molar-refractivity contribution is 5.76. The van der Waals surface area contributed by atoms with Crippen LogP contribution in [0.4, 0.5) is 0 Å². The summed E-state index contributed by atoms with van der Waals surface area (Å²) in [5.74, 6) is 1.29. The van der Waals surface area contributed by atoms with Crippen LogP contribution in [0.3, 0.4) is 0 Å². The van der Waals surface area contributed by atoms with Crippen molar-refractivity contribution < 1.29 is 14.7 Å². The van der Waals surface area contributed by atoms with Gasteiger partial charge < -0.3 is 19.8 Å². The summed E-state index contributed by atoms with van der Waals surface area (Å²) >= 11 is 0. The Kier molecular flexibility index (Phi) is 46.6. The number of carbonyl (C=O) groups excluding carboxylic acids is 2. The Morgan fingerprint density at radius 2 is 0.561 bits per heavy atom. The number of rotatable bonds is 54. The van der Waals surface area contributed by atoms with Crippen LogP contribution in [0, 0.1) is 5.92 Å². The van der Waals surface area contributed by atoms with Crippen LogP contribution in [-0.4, -0.2) is 83.5 Å². The van der Waals surface area contributed by atoms with Crippen LogP contribution in [0.2, 0.25) is 0 Å². The Labute approximate surface area is 414 Å². The molecule has 0 aromatic rings. The van der Waals surface area contributed by atoms with E-state index in [0.29, 0.717) is 30.4 Å². The van der Waals surface area contributed by atoms with E-state index in [2.05, 4.69) is 42.4 Å². The molecule has 0 spiro atoms. The summed E-state index contributed by atoms with van der Waals surface area (Å²) < 4.78 is 0. The van der Waals surface area contributed by atoms with Gasteiger partial charge in [-0.3, -0.25) is 9.59 Å². The predicted molar refractivity (Wildman–Crippen MR) is 290 cm³/mol. The van der Waals surface area contributed by atoms with E-state index in [1.165, 1.54) is 244 Å². The smallest absolute Gasteiger partial charge is 0.222 e. The van der Waals surface area contributed by atoms with Crippen molar-refractivity contribution in [3.05, 3.63) is 0 Å². The lowest BCUT2D eigenvalue weighted by Crippen LogP contribution is -2.32. The molecule has 0 heterocycles. The van der Waals surface area contributed by atoms with E-state index < -0.39 is 0 Å². The quantitative estimate of drug-likeness (QED) is 0.0617. The van der Waals surface area contributed by atoms with Gasteiger partial charge in [-0.25, -0.2) is 0 Å². The van der Waals surface area contributed by atoms with Crippen LogP contribution >= 0.6 is 0 Å². The number of aliphatic hydroxyl groups excluding tert-OH is 1. The Morgan fingerprint density at radius 1 is 0.333 bits per heavy atom. The monoisotopic (exact) mass is 930 g/mol. The van der Waals surface area contributed by atoms with Crippen molar-refractivity contribution in [1.82, 2.24) is 14.7 Å². The normalized spacial score (nSPS) is 14.7. The third-order valence-corrected chi connectivity index (χ3v) is 15.1. The molecule has 6 nitrogen and oxygen atoms in total. The van der Waals surface area contributed by atoms with Crippen LogP contribution in [0.5, 0.6) is 0 Å². The number of hydrogen-bond acceptors (Lipinski definition) is 4. The van der Waals surface area contributed by atoms with Crippen LogP contribution in [-0.2, 0) is 9.59 Å². The predicted octanol–water partition coefficient (Wildman–Crippen LogP) is 17.6. The van der Waals surface area contributed by atoms with Crippen LogP contribution in [0.25, 0.3) is 0 Å². The SMILES string of the molecule is CCCCCCCCCCN(CCCCCCCCCC)C(=O)CCCCCCCN(CCCCCCCC(=O)N(CCCCCCCCCC)CCCCCCCCCC)[C@H]1C[C@@H]1CO. The fraction of sp³-hybridized carbons (Fsp3) is 0.967. The molecule has 1 N–H and O–H groups in total. The Bertz CT molecular complexity index is 913. The largest absolute Gasteiger partial charge is 0.396 e. The maximum absolute atomic E-state index is 13.4. The zero-order chi connectivity index (χ0) is 47.8. The molecule has 66 heavy (non-hydrogen) atoms. The minimum absolute atomic E-state index is 0.327. The number of aliphatic hydroxyl groups is 1. The maximum Gasteiger partial charge on any atom is 0.222 e. The van der Waals surface area contributed by atoms with Crippen molar-refractivity contribution >= 4 is 11.8 Å². The van der Waals surface area contributed by atoms with E-state index in [1.807, 2.05) is 0 Å². The first-order chi connectivity index (χ1) is 32.5. The minimum Gasteiger partial charge on any atom is -0.396 e. The van der Waals surface area contributed by atoms with Crippen molar-refractivity contribution in [2.75, 3.05) is 45.9 Å². The zero-order valence-corrected chi connectivity index (χ0v) is 45.5. The molecular weight excluding hydrogens is 811 g/mol. The first-order valence-corrected chi connectivity index (χ1v) is 30.4. The van der Waals surface area contributed by atoms with E-state index in [0.717, 1.165) is 84.2 Å². The van der Waals surface area contributed by atoms with Crippen molar-refractivity contribution in [3.8, 4) is 0 Å². The topological polar surface area (TPSA) is 64.1 Å². The lowest BCUT2D eigenvalue weighted by molar-refractivity contribution is -0.132. The Hall–Kier alpha value is -1.14. The molecule has 2 amide bonds. The molecule has 392 valence electrons. The molecule has 1 aliphatic carbocycles. The molecule has 1 saturated carbocycles. The number of amides is 2. The summed E-state index contributed by atoms with van der Waals surface area (Å²) in [5, 5.41) is 9.87. The van der Waals surface area contributed by atoms with E-state index >= 15 is 0 Å². The average Bonchev–Trinajstić information content (AvgIpc) is 4.12. The van der Waals surface area contributed by atoms with Gasteiger partial charge in [0.15, 0.2) is 0 Å². The zero-order valence-electron chi connectivity index (χ0n) is 45.5. The van der Waals surface area contributed by atoms with Crippen molar-refractivity contribution in [2.24, 2.45) is 5.92 Å². The second-order valence-corrected chi connectivity index (χ2v) is 21.5. The molecule has 1 fully saturated rings. The van der Waals surface area contributed by atoms with Gasteiger partial charge in [-0.05, 0) is 76.8 Å². The fourth-order valence-corrected chi connectivity index (χ4v) is 10.3. The van der Waals surface area contributed by atoms with Gasteiger partial charge in [-0.2, -0.15) is 0 Å². The summed E-state index contributed by atoms with van der Waals surface area (Å²) in [5.41, 5.74) is 0. The van der Waals surface area contributed by atoms with Gasteiger partial charge in [-0.15, -0.1) is 0 Å². The number of hydrogen-bond donors (Lipinski definition) is 1. The average molecular weight is 931 g/mol. The summed E-state index contributed by atoms with van der Waals surface area (Å²) in [6.45, 7) is 15.6. The summed E-state index contributed by atoms with van der Waals surface area (Å²) in [6, 6.07) is 0.575. The van der Waals surface area contributed by atoms with Gasteiger partial charge in [0.1, 0.15) is 0 Å². The van der Waals surface area contributed by atoms with E-state index in [1.54, 1.807) is 0 Å². The third kappa shape index (κ3) is 38.7. The number of nitrogens with zero attached hydrogens (tertiary/aromatic N) is 3. The lowest BCUT2D eigenvalue weighted by Gasteiger charge is -2.23. The molecule has 0 bridgehead atoms. The molecule has 0 aromatic carbocycles.